The van der Waals surface area contributed by atoms with Gasteiger partial charge >= 0.3 is 6.09 Å². The molecule has 2 atom stereocenters. The molecule has 9 heteroatoms. The molecule has 2 aromatic rings. The largest absolute Gasteiger partial charge is 0.442 e. The Bertz CT molecular complexity index is 1130. The van der Waals surface area contributed by atoms with Crippen molar-refractivity contribution < 1.29 is 22.9 Å². The first-order chi connectivity index (χ1) is 14.3. The smallest absolute Gasteiger partial charge is 0.433 e. The van der Waals surface area contributed by atoms with Gasteiger partial charge in [-0.05, 0) is 45.2 Å². The van der Waals surface area contributed by atoms with Crippen LogP contribution in [0.2, 0.25) is 0 Å². The summed E-state index contributed by atoms with van der Waals surface area (Å²) in [6.45, 7) is 8.86. The minimum Gasteiger partial charge on any atom is -0.442 e. The van der Waals surface area contributed by atoms with Crippen LogP contribution in [0.15, 0.2) is 50.6 Å². The van der Waals surface area contributed by atoms with E-state index >= 15 is 0 Å². The van der Waals surface area contributed by atoms with Crippen LogP contribution in [0, 0.1) is 17.7 Å². The van der Waals surface area contributed by atoms with Crippen molar-refractivity contribution in [1.82, 2.24) is 0 Å². The van der Waals surface area contributed by atoms with Crippen molar-refractivity contribution in [2.24, 2.45) is 26.3 Å². The van der Waals surface area contributed by atoms with Crippen molar-refractivity contribution in [1.29, 1.82) is 0 Å². The van der Waals surface area contributed by atoms with Crippen molar-refractivity contribution in [2.45, 2.75) is 51.5 Å². The number of halogens is 1. The van der Waals surface area contributed by atoms with Gasteiger partial charge in [-0.3, -0.25) is 4.79 Å². The fraction of sp³-hybridized carbons (Fsp3) is 0.409. The number of ether oxygens (including phenoxy) is 1. The molecular formula is C22H28FN3O4S. The van der Waals surface area contributed by atoms with Crippen molar-refractivity contribution in [3.8, 4) is 0 Å². The maximum Gasteiger partial charge on any atom is 0.433 e. The molecule has 31 heavy (non-hydrogen) atoms. The molecule has 7 nitrogen and oxygen atoms in total. The molecule has 0 saturated carbocycles. The second-order valence-corrected chi connectivity index (χ2v) is 10.3. The lowest BCUT2D eigenvalue weighted by Gasteiger charge is -2.17. The summed E-state index contributed by atoms with van der Waals surface area (Å²) in [5, 5.41) is 6.49. The summed E-state index contributed by atoms with van der Waals surface area (Å²) in [7, 11) is -3.67. The van der Waals surface area contributed by atoms with Gasteiger partial charge in [0.1, 0.15) is 21.3 Å². The molecule has 0 heterocycles. The van der Waals surface area contributed by atoms with Crippen LogP contribution in [0.5, 0.6) is 0 Å². The maximum atomic E-state index is 14.1. The van der Waals surface area contributed by atoms with E-state index in [0.717, 1.165) is 12.3 Å². The van der Waals surface area contributed by atoms with Crippen molar-refractivity contribution in [2.75, 3.05) is 0 Å². The van der Waals surface area contributed by atoms with E-state index in [1.807, 2.05) is 13.8 Å². The highest BCUT2D eigenvalue weighted by molar-refractivity contribution is 7.92. The van der Waals surface area contributed by atoms with E-state index in [1.54, 1.807) is 39.0 Å². The van der Waals surface area contributed by atoms with Gasteiger partial charge in [0.2, 0.25) is 0 Å². The Morgan fingerprint density at radius 1 is 1.16 bits per heavy atom. The van der Waals surface area contributed by atoms with E-state index in [-0.39, 0.29) is 16.2 Å². The summed E-state index contributed by atoms with van der Waals surface area (Å²) in [6, 6.07) is 8.79. The van der Waals surface area contributed by atoms with E-state index in [9.17, 15) is 18.2 Å². The van der Waals surface area contributed by atoms with Gasteiger partial charge in [0, 0.05) is 17.0 Å². The third-order valence-electron chi connectivity index (χ3n) is 4.17. The van der Waals surface area contributed by atoms with Crippen molar-refractivity contribution in [3.05, 3.63) is 42.2 Å². The molecule has 2 unspecified atom stereocenters. The zero-order valence-electron chi connectivity index (χ0n) is 18.3. The number of amides is 2. The summed E-state index contributed by atoms with van der Waals surface area (Å²) >= 11 is 0. The summed E-state index contributed by atoms with van der Waals surface area (Å²) in [5.41, 5.74) is -0.731. The Balaban J connectivity index is 2.42. The van der Waals surface area contributed by atoms with Gasteiger partial charge in [0.25, 0.3) is 5.91 Å². The number of rotatable bonds is 5. The number of carbonyl (C=O) groups is 2. The SMILES string of the molecule is CC(C)CC(C=NC(=O)OC(C)(C)C)C(=O)N=S(N)(=O)c1ccc(F)c2ccccc12. The predicted octanol–water partition coefficient (Wildman–Crippen LogP) is 4.87. The number of hydrogen-bond acceptors (Lipinski definition) is 4. The first-order valence-electron chi connectivity index (χ1n) is 9.83. The van der Waals surface area contributed by atoms with Crippen LogP contribution in [0.25, 0.3) is 10.8 Å². The lowest BCUT2D eigenvalue weighted by Crippen LogP contribution is -2.24. The summed E-state index contributed by atoms with van der Waals surface area (Å²) < 4.78 is 36.1. The normalized spacial score (nSPS) is 15.1. The summed E-state index contributed by atoms with van der Waals surface area (Å²) in [4.78, 5) is 28.5. The highest BCUT2D eigenvalue weighted by Crippen LogP contribution is 2.26. The van der Waals surface area contributed by atoms with E-state index in [0.29, 0.717) is 11.8 Å². The standard InChI is InChI=1S/C22H28FN3O4S/c1-14(2)12-15(13-25-21(28)30-22(3,4)5)20(27)26-31(24,29)19-11-10-18(23)16-8-6-7-9-17(16)19/h6-11,13-15H,12H2,1-5H3,(H2,24,26,27,29). The first-order valence-corrected chi connectivity index (χ1v) is 11.4. The Morgan fingerprint density at radius 2 is 1.77 bits per heavy atom. The Hall–Kier alpha value is -2.65. The molecule has 2 aromatic carbocycles. The van der Waals surface area contributed by atoms with Crippen LogP contribution in [-0.2, 0) is 19.4 Å². The number of benzene rings is 2. The minimum absolute atomic E-state index is 0.0604. The quantitative estimate of drug-likeness (QED) is 0.656. The zero-order valence-corrected chi connectivity index (χ0v) is 19.1. The third-order valence-corrected chi connectivity index (χ3v) is 5.60. The van der Waals surface area contributed by atoms with E-state index in [4.69, 9.17) is 9.88 Å². The summed E-state index contributed by atoms with van der Waals surface area (Å²) in [6.07, 6.45) is 0.624. The molecule has 168 valence electrons. The number of nitrogens with zero attached hydrogens (tertiary/aromatic N) is 2. The van der Waals surface area contributed by atoms with Crippen LogP contribution in [-0.4, -0.2) is 28.0 Å². The number of fused-ring (bicyclic) bond motifs is 1. The van der Waals surface area contributed by atoms with Crippen LogP contribution >= 0.6 is 0 Å². The minimum atomic E-state index is -3.67. The van der Waals surface area contributed by atoms with E-state index < -0.39 is 39.3 Å². The topological polar surface area (TPSA) is 111 Å². The molecule has 0 aliphatic heterocycles. The second kappa shape index (κ2) is 9.65. The Morgan fingerprint density at radius 3 is 2.35 bits per heavy atom. The average molecular weight is 450 g/mol. The lowest BCUT2D eigenvalue weighted by atomic mass is 9.98. The molecular weight excluding hydrogens is 421 g/mol. The van der Waals surface area contributed by atoms with Crippen LogP contribution in [0.1, 0.15) is 41.0 Å². The van der Waals surface area contributed by atoms with Gasteiger partial charge in [-0.15, -0.1) is 4.36 Å². The number of carbonyl (C=O) groups excluding carboxylic acids is 2. The van der Waals surface area contributed by atoms with Gasteiger partial charge in [-0.1, -0.05) is 38.1 Å². The molecule has 2 rings (SSSR count). The molecule has 0 bridgehead atoms. The van der Waals surface area contributed by atoms with Crippen molar-refractivity contribution in [3.63, 3.8) is 0 Å². The third kappa shape index (κ3) is 6.93. The monoisotopic (exact) mass is 449 g/mol. The Kier molecular flexibility index (Phi) is 7.67. The molecule has 0 spiro atoms. The number of nitrogens with two attached hydrogens (primary N) is 1. The first kappa shape index (κ1) is 24.6. The number of aliphatic imine (C=N–C) groups is 1. The highest BCUT2D eigenvalue weighted by atomic mass is 32.2. The van der Waals surface area contributed by atoms with E-state index in [1.165, 1.54) is 12.1 Å². The van der Waals surface area contributed by atoms with Gasteiger partial charge < -0.3 is 4.74 Å². The van der Waals surface area contributed by atoms with Gasteiger partial charge in [0.05, 0.1) is 10.8 Å². The van der Waals surface area contributed by atoms with Crippen LogP contribution in [0.3, 0.4) is 0 Å². The van der Waals surface area contributed by atoms with Gasteiger partial charge in [0.15, 0.2) is 0 Å². The fourth-order valence-corrected chi connectivity index (χ4v) is 4.17. The molecule has 0 aliphatic rings. The van der Waals surface area contributed by atoms with Crippen LogP contribution in [0.4, 0.5) is 9.18 Å². The molecule has 0 aromatic heterocycles. The van der Waals surface area contributed by atoms with Crippen LogP contribution < -0.4 is 5.14 Å². The summed E-state index contributed by atoms with van der Waals surface area (Å²) in [5.74, 6) is -2.12. The van der Waals surface area contributed by atoms with E-state index in [2.05, 4.69) is 9.36 Å². The number of hydrogen-bond donors (Lipinski definition) is 1. The average Bonchev–Trinajstić information content (AvgIpc) is 2.63. The second-order valence-electron chi connectivity index (χ2n) is 8.58. The molecule has 0 aliphatic carbocycles. The van der Waals surface area contributed by atoms with Gasteiger partial charge in [-0.25, -0.2) is 18.5 Å². The maximum absolute atomic E-state index is 14.1. The molecule has 2 N–H and O–H groups in total. The Labute approximate surface area is 182 Å². The van der Waals surface area contributed by atoms with Gasteiger partial charge in [-0.2, -0.15) is 4.99 Å². The molecule has 0 fully saturated rings. The molecule has 0 saturated heterocycles. The molecule has 0 radical (unpaired) electrons. The predicted molar refractivity (Wildman–Crippen MR) is 120 cm³/mol. The van der Waals surface area contributed by atoms with Crippen molar-refractivity contribution >= 4 is 38.9 Å². The lowest BCUT2D eigenvalue weighted by molar-refractivity contribution is -0.119. The highest BCUT2D eigenvalue weighted by Gasteiger charge is 2.23. The molecule has 2 amide bonds. The fourth-order valence-electron chi connectivity index (χ4n) is 2.91. The zero-order chi connectivity index (χ0) is 23.4.